The maximum absolute atomic E-state index is 6.57. The third kappa shape index (κ3) is 2.93. The Hall–Kier alpha value is -2.00. The Morgan fingerprint density at radius 3 is 1.35 bits per heavy atom. The lowest BCUT2D eigenvalue weighted by atomic mass is 9.89. The quantitative estimate of drug-likeness (QED) is 0.823. The molecule has 2 aromatic carbocycles. The molecule has 0 amide bonds. The van der Waals surface area contributed by atoms with Gasteiger partial charge in [0, 0.05) is 0 Å². The van der Waals surface area contributed by atoms with E-state index in [0.717, 1.165) is 24.3 Å². The van der Waals surface area contributed by atoms with E-state index in [9.17, 15) is 0 Å². The van der Waals surface area contributed by atoms with Crippen LogP contribution in [0.4, 0.5) is 0 Å². The largest absolute Gasteiger partial charge is 0.497 e. The number of benzene rings is 2. The molecule has 0 aromatic heterocycles. The summed E-state index contributed by atoms with van der Waals surface area (Å²) in [6.07, 6.45) is 1.98. The summed E-state index contributed by atoms with van der Waals surface area (Å²) in [4.78, 5) is 0. The summed E-state index contributed by atoms with van der Waals surface area (Å²) < 4.78 is 17.1. The highest BCUT2D eigenvalue weighted by Gasteiger charge is 2.45. The second-order valence-corrected chi connectivity index (χ2v) is 6.52. The van der Waals surface area contributed by atoms with Gasteiger partial charge < -0.3 is 14.2 Å². The maximum atomic E-state index is 6.57. The lowest BCUT2D eigenvalue weighted by molar-refractivity contribution is -0.0938. The number of methoxy groups -OCH3 is 2. The van der Waals surface area contributed by atoms with Crippen LogP contribution in [0.25, 0.3) is 0 Å². The third-order valence-electron chi connectivity index (χ3n) is 4.93. The molecule has 0 bridgehead atoms. The van der Waals surface area contributed by atoms with Crippen molar-refractivity contribution in [1.29, 1.82) is 0 Å². The lowest BCUT2D eigenvalue weighted by Gasteiger charge is -2.31. The van der Waals surface area contributed by atoms with Gasteiger partial charge in [0.1, 0.15) is 11.5 Å². The van der Waals surface area contributed by atoms with Gasteiger partial charge in [-0.1, -0.05) is 24.3 Å². The number of ether oxygens (including phenoxy) is 3. The fraction of sp³-hybridized carbons (Fsp3) is 0.400. The molecular formula is C20H24O3. The summed E-state index contributed by atoms with van der Waals surface area (Å²) in [6, 6.07) is 16.4. The average molecular weight is 312 g/mol. The standard InChI is InChI=1S/C20H24O3/c1-19(15-5-9-17(21-3)10-6-15)13-14-20(2,23-19)16-7-11-18(22-4)12-8-16/h5-12H,13-14H2,1-4H3/t19-,20+. The molecule has 23 heavy (non-hydrogen) atoms. The molecule has 0 saturated carbocycles. The minimum atomic E-state index is -0.277. The first-order chi connectivity index (χ1) is 11.0. The Kier molecular flexibility index (Phi) is 4.07. The molecular weight excluding hydrogens is 288 g/mol. The van der Waals surface area contributed by atoms with E-state index in [2.05, 4.69) is 38.1 Å². The first-order valence-electron chi connectivity index (χ1n) is 7.98. The van der Waals surface area contributed by atoms with E-state index in [1.807, 2.05) is 24.3 Å². The Balaban J connectivity index is 1.84. The van der Waals surface area contributed by atoms with Gasteiger partial charge in [0.25, 0.3) is 0 Å². The number of rotatable bonds is 4. The molecule has 2 atom stereocenters. The molecule has 3 nitrogen and oxygen atoms in total. The van der Waals surface area contributed by atoms with Crippen LogP contribution >= 0.6 is 0 Å². The Morgan fingerprint density at radius 2 is 1.04 bits per heavy atom. The minimum absolute atomic E-state index is 0.277. The predicted octanol–water partition coefficient (Wildman–Crippen LogP) is 4.64. The normalized spacial score (nSPS) is 27.0. The summed E-state index contributed by atoms with van der Waals surface area (Å²) in [5, 5.41) is 0. The zero-order valence-electron chi connectivity index (χ0n) is 14.3. The lowest BCUT2D eigenvalue weighted by Crippen LogP contribution is -2.27. The molecule has 122 valence electrons. The molecule has 3 heteroatoms. The smallest absolute Gasteiger partial charge is 0.118 e. The highest BCUT2D eigenvalue weighted by molar-refractivity contribution is 5.34. The van der Waals surface area contributed by atoms with Crippen LogP contribution in [0.15, 0.2) is 48.5 Å². The molecule has 3 rings (SSSR count). The number of hydrogen-bond donors (Lipinski definition) is 0. The average Bonchev–Trinajstić information content (AvgIpc) is 2.93. The molecule has 0 N–H and O–H groups in total. The highest BCUT2D eigenvalue weighted by atomic mass is 16.5. The molecule has 1 heterocycles. The van der Waals surface area contributed by atoms with Crippen molar-refractivity contribution in [3.8, 4) is 11.5 Å². The van der Waals surface area contributed by atoms with Crippen molar-refractivity contribution in [3.63, 3.8) is 0 Å². The van der Waals surface area contributed by atoms with Crippen molar-refractivity contribution in [1.82, 2.24) is 0 Å². The van der Waals surface area contributed by atoms with Gasteiger partial charge in [0.2, 0.25) is 0 Å². The molecule has 2 aromatic rings. The first kappa shape index (κ1) is 15.9. The maximum Gasteiger partial charge on any atom is 0.118 e. The van der Waals surface area contributed by atoms with Crippen molar-refractivity contribution < 1.29 is 14.2 Å². The zero-order chi connectivity index (χ0) is 16.5. The van der Waals surface area contributed by atoms with Crippen LogP contribution in [0.5, 0.6) is 11.5 Å². The SMILES string of the molecule is COc1ccc([C@@]2(C)CC[C@@](C)(c3ccc(OC)cc3)O2)cc1. The van der Waals surface area contributed by atoms with Gasteiger partial charge in [0.15, 0.2) is 0 Å². The van der Waals surface area contributed by atoms with Gasteiger partial charge in [-0.25, -0.2) is 0 Å². The predicted molar refractivity (Wildman–Crippen MR) is 91.0 cm³/mol. The van der Waals surface area contributed by atoms with Crippen LogP contribution < -0.4 is 9.47 Å². The van der Waals surface area contributed by atoms with Crippen LogP contribution in [0.3, 0.4) is 0 Å². The third-order valence-corrected chi connectivity index (χ3v) is 4.93. The molecule has 0 radical (unpaired) electrons. The Labute approximate surface area is 138 Å². The van der Waals surface area contributed by atoms with Gasteiger partial charge in [-0.15, -0.1) is 0 Å². The van der Waals surface area contributed by atoms with E-state index in [-0.39, 0.29) is 11.2 Å². The van der Waals surface area contributed by atoms with Gasteiger partial charge in [-0.05, 0) is 62.1 Å². The van der Waals surface area contributed by atoms with Crippen LogP contribution in [0, 0.1) is 0 Å². The van der Waals surface area contributed by atoms with Gasteiger partial charge in [0.05, 0.1) is 25.4 Å². The molecule has 1 aliphatic heterocycles. The summed E-state index contributed by atoms with van der Waals surface area (Å²) >= 11 is 0. The Morgan fingerprint density at radius 1 is 0.696 bits per heavy atom. The molecule has 0 spiro atoms. The zero-order valence-corrected chi connectivity index (χ0v) is 14.3. The monoisotopic (exact) mass is 312 g/mol. The van der Waals surface area contributed by atoms with E-state index < -0.39 is 0 Å². The van der Waals surface area contributed by atoms with E-state index in [0.29, 0.717) is 0 Å². The van der Waals surface area contributed by atoms with Crippen molar-refractivity contribution in [2.45, 2.75) is 37.9 Å². The van der Waals surface area contributed by atoms with Crippen molar-refractivity contribution in [2.75, 3.05) is 14.2 Å². The summed E-state index contributed by atoms with van der Waals surface area (Å²) in [5.41, 5.74) is 1.83. The first-order valence-corrected chi connectivity index (χ1v) is 7.98. The highest BCUT2D eigenvalue weighted by Crippen LogP contribution is 2.49. The van der Waals surface area contributed by atoms with Crippen LogP contribution in [-0.2, 0) is 15.9 Å². The second-order valence-electron chi connectivity index (χ2n) is 6.52. The molecule has 1 aliphatic rings. The Bertz CT molecular complexity index is 603. The molecule has 1 saturated heterocycles. The minimum Gasteiger partial charge on any atom is -0.497 e. The summed E-state index contributed by atoms with van der Waals surface area (Å²) in [5.74, 6) is 1.74. The van der Waals surface area contributed by atoms with Gasteiger partial charge in [-0.3, -0.25) is 0 Å². The van der Waals surface area contributed by atoms with Crippen molar-refractivity contribution in [3.05, 3.63) is 59.7 Å². The van der Waals surface area contributed by atoms with Crippen molar-refractivity contribution >= 4 is 0 Å². The van der Waals surface area contributed by atoms with Gasteiger partial charge >= 0.3 is 0 Å². The summed E-state index contributed by atoms with van der Waals surface area (Å²) in [7, 11) is 3.37. The van der Waals surface area contributed by atoms with Crippen LogP contribution in [-0.4, -0.2) is 14.2 Å². The fourth-order valence-corrected chi connectivity index (χ4v) is 3.37. The van der Waals surface area contributed by atoms with E-state index in [4.69, 9.17) is 14.2 Å². The van der Waals surface area contributed by atoms with Gasteiger partial charge in [-0.2, -0.15) is 0 Å². The van der Waals surface area contributed by atoms with E-state index in [1.54, 1.807) is 14.2 Å². The van der Waals surface area contributed by atoms with E-state index in [1.165, 1.54) is 11.1 Å². The summed E-state index contributed by atoms with van der Waals surface area (Å²) in [6.45, 7) is 4.34. The van der Waals surface area contributed by atoms with Crippen LogP contribution in [0.1, 0.15) is 37.8 Å². The number of hydrogen-bond acceptors (Lipinski definition) is 3. The topological polar surface area (TPSA) is 27.7 Å². The molecule has 0 aliphatic carbocycles. The second kappa shape index (κ2) is 5.89. The molecule has 0 unspecified atom stereocenters. The van der Waals surface area contributed by atoms with Crippen molar-refractivity contribution in [2.24, 2.45) is 0 Å². The van der Waals surface area contributed by atoms with Crippen LogP contribution in [0.2, 0.25) is 0 Å². The fourth-order valence-electron chi connectivity index (χ4n) is 3.37. The van der Waals surface area contributed by atoms with E-state index >= 15 is 0 Å². The molecule has 1 fully saturated rings.